The molecular weight excluding hydrogens is 370 g/mol. The minimum absolute atomic E-state index is 0.153. The van der Waals surface area contributed by atoms with E-state index in [0.717, 1.165) is 0 Å². The first-order chi connectivity index (χ1) is 13.0. The maximum absolute atomic E-state index is 12.5. The van der Waals surface area contributed by atoms with Gasteiger partial charge < -0.3 is 9.73 Å². The topological polar surface area (TPSA) is 116 Å². The van der Waals surface area contributed by atoms with Gasteiger partial charge in [-0.05, 0) is 32.0 Å². The summed E-state index contributed by atoms with van der Waals surface area (Å²) in [6, 6.07) is 9.57. The Morgan fingerprint density at radius 2 is 2.11 bits per heavy atom. The van der Waals surface area contributed by atoms with Crippen LogP contribution in [0, 0.1) is 10.1 Å². The van der Waals surface area contributed by atoms with Crippen LogP contribution in [0.5, 0.6) is 0 Å². The van der Waals surface area contributed by atoms with Gasteiger partial charge in [-0.3, -0.25) is 19.5 Å². The molecular formula is C17H17N5O4S. The maximum atomic E-state index is 12.5. The summed E-state index contributed by atoms with van der Waals surface area (Å²) in [6.45, 7) is 4.25. The van der Waals surface area contributed by atoms with Crippen LogP contribution in [0.3, 0.4) is 0 Å². The summed E-state index contributed by atoms with van der Waals surface area (Å²) in [7, 11) is 0. The molecule has 0 saturated carbocycles. The number of amides is 1. The highest BCUT2D eigenvalue weighted by molar-refractivity contribution is 8.00. The molecule has 1 unspecified atom stereocenters. The van der Waals surface area contributed by atoms with Crippen molar-refractivity contribution in [2.45, 2.75) is 30.8 Å². The average molecular weight is 387 g/mol. The summed E-state index contributed by atoms with van der Waals surface area (Å²) < 4.78 is 7.21. The van der Waals surface area contributed by atoms with Crippen molar-refractivity contribution in [3.8, 4) is 11.6 Å². The second-order valence-electron chi connectivity index (χ2n) is 5.55. The highest BCUT2D eigenvalue weighted by Crippen LogP contribution is 2.29. The summed E-state index contributed by atoms with van der Waals surface area (Å²) in [6.07, 6.45) is 1.56. The number of hydrogen-bond acceptors (Lipinski definition) is 7. The van der Waals surface area contributed by atoms with Crippen LogP contribution in [-0.4, -0.2) is 30.8 Å². The summed E-state index contributed by atoms with van der Waals surface area (Å²) in [4.78, 5) is 23.0. The molecule has 0 aliphatic rings. The number of rotatable bonds is 7. The number of nitrogens with zero attached hydrogens (tertiary/aromatic N) is 4. The average Bonchev–Trinajstić information content (AvgIpc) is 3.31. The molecule has 1 N–H and O–H groups in total. The van der Waals surface area contributed by atoms with Gasteiger partial charge in [0.1, 0.15) is 5.69 Å². The number of furan rings is 1. The molecule has 0 radical (unpaired) electrons. The molecule has 0 aliphatic carbocycles. The van der Waals surface area contributed by atoms with Gasteiger partial charge in [-0.25, -0.2) is 0 Å². The molecule has 3 rings (SSSR count). The molecule has 0 fully saturated rings. The maximum Gasteiger partial charge on any atom is 0.292 e. The number of anilines is 1. The van der Waals surface area contributed by atoms with Crippen molar-refractivity contribution in [3.05, 3.63) is 52.8 Å². The van der Waals surface area contributed by atoms with Crippen molar-refractivity contribution in [2.75, 3.05) is 5.32 Å². The lowest BCUT2D eigenvalue weighted by atomic mass is 10.2. The number of nitrogens with one attached hydrogen (secondary N) is 1. The number of thioether (sulfide) groups is 1. The Hall–Kier alpha value is -3.14. The highest BCUT2D eigenvalue weighted by Gasteiger charge is 2.23. The molecule has 9 nitrogen and oxygen atoms in total. The number of benzene rings is 1. The zero-order valence-corrected chi connectivity index (χ0v) is 15.5. The van der Waals surface area contributed by atoms with E-state index in [1.807, 2.05) is 11.5 Å². The van der Waals surface area contributed by atoms with Gasteiger partial charge >= 0.3 is 0 Å². The quantitative estimate of drug-likeness (QED) is 0.374. The van der Waals surface area contributed by atoms with E-state index in [0.29, 0.717) is 23.3 Å². The molecule has 1 amide bonds. The van der Waals surface area contributed by atoms with Gasteiger partial charge in [-0.1, -0.05) is 23.9 Å². The Morgan fingerprint density at radius 3 is 2.78 bits per heavy atom. The lowest BCUT2D eigenvalue weighted by molar-refractivity contribution is -0.383. The monoisotopic (exact) mass is 387 g/mol. The van der Waals surface area contributed by atoms with Gasteiger partial charge in [-0.2, -0.15) is 0 Å². The third-order valence-corrected chi connectivity index (χ3v) is 4.87. The normalized spacial score (nSPS) is 11.9. The van der Waals surface area contributed by atoms with E-state index in [1.54, 1.807) is 37.5 Å². The van der Waals surface area contributed by atoms with E-state index in [-0.39, 0.29) is 17.3 Å². The Bertz CT molecular complexity index is 954. The summed E-state index contributed by atoms with van der Waals surface area (Å²) in [5.41, 5.74) is 0.00747. The Labute approximate surface area is 158 Å². The predicted molar refractivity (Wildman–Crippen MR) is 100 cm³/mol. The molecule has 0 bridgehead atoms. The van der Waals surface area contributed by atoms with E-state index in [1.165, 1.54) is 23.9 Å². The fourth-order valence-corrected chi connectivity index (χ4v) is 3.35. The number of hydrogen-bond donors (Lipinski definition) is 1. The Kier molecular flexibility index (Phi) is 5.55. The fourth-order valence-electron chi connectivity index (χ4n) is 2.43. The van der Waals surface area contributed by atoms with Crippen LogP contribution in [0.1, 0.15) is 13.8 Å². The van der Waals surface area contributed by atoms with Gasteiger partial charge in [-0.15, -0.1) is 10.2 Å². The minimum atomic E-state index is -0.538. The molecule has 140 valence electrons. The molecule has 2 heterocycles. The van der Waals surface area contributed by atoms with Crippen molar-refractivity contribution < 1.29 is 14.1 Å². The summed E-state index contributed by atoms with van der Waals surface area (Å²) in [5.74, 6) is 0.809. The van der Waals surface area contributed by atoms with Crippen LogP contribution >= 0.6 is 11.8 Å². The largest absolute Gasteiger partial charge is 0.461 e. The molecule has 0 spiro atoms. The van der Waals surface area contributed by atoms with Crippen molar-refractivity contribution >= 4 is 29.0 Å². The summed E-state index contributed by atoms with van der Waals surface area (Å²) in [5, 5.41) is 22.0. The number of nitro benzene ring substituents is 1. The SMILES string of the molecule is CCn1c(SC(C)C(=O)Nc2ccccc2[N+](=O)[O-])nnc1-c1ccco1. The zero-order chi connectivity index (χ0) is 19.4. The van der Waals surface area contributed by atoms with Gasteiger partial charge in [0.05, 0.1) is 16.4 Å². The van der Waals surface area contributed by atoms with Crippen molar-refractivity contribution in [1.29, 1.82) is 0 Å². The van der Waals surface area contributed by atoms with E-state index in [2.05, 4.69) is 15.5 Å². The lowest BCUT2D eigenvalue weighted by Crippen LogP contribution is -2.23. The van der Waals surface area contributed by atoms with Crippen molar-refractivity contribution in [3.63, 3.8) is 0 Å². The second-order valence-corrected chi connectivity index (χ2v) is 6.86. The van der Waals surface area contributed by atoms with E-state index < -0.39 is 10.2 Å². The van der Waals surface area contributed by atoms with Crippen LogP contribution in [0.2, 0.25) is 0 Å². The highest BCUT2D eigenvalue weighted by atomic mass is 32.2. The second kappa shape index (κ2) is 8.04. The number of para-hydroxylation sites is 2. The Morgan fingerprint density at radius 1 is 1.33 bits per heavy atom. The van der Waals surface area contributed by atoms with Gasteiger partial charge in [0.2, 0.25) is 5.91 Å². The first-order valence-corrected chi connectivity index (χ1v) is 9.07. The first-order valence-electron chi connectivity index (χ1n) is 8.19. The first kappa shape index (κ1) is 18.6. The molecule has 1 atom stereocenters. The minimum Gasteiger partial charge on any atom is -0.461 e. The van der Waals surface area contributed by atoms with Gasteiger partial charge in [0.25, 0.3) is 5.69 Å². The standard InChI is InChI=1S/C17H17N5O4S/c1-3-21-15(14-9-6-10-26-14)19-20-17(21)27-11(2)16(23)18-12-7-4-5-8-13(12)22(24)25/h4-11H,3H2,1-2H3,(H,18,23). The van der Waals surface area contributed by atoms with Crippen LogP contribution in [-0.2, 0) is 11.3 Å². The fraction of sp³-hybridized carbons (Fsp3) is 0.235. The van der Waals surface area contributed by atoms with Crippen LogP contribution in [0.15, 0.2) is 52.2 Å². The predicted octanol–water partition coefficient (Wildman–Crippen LogP) is 3.59. The number of carbonyl (C=O) groups is 1. The van der Waals surface area contributed by atoms with Crippen LogP contribution in [0.4, 0.5) is 11.4 Å². The zero-order valence-electron chi connectivity index (χ0n) is 14.7. The van der Waals surface area contributed by atoms with Gasteiger partial charge in [0, 0.05) is 12.6 Å². The molecule has 27 heavy (non-hydrogen) atoms. The lowest BCUT2D eigenvalue weighted by Gasteiger charge is -2.12. The molecule has 1 aromatic carbocycles. The van der Waals surface area contributed by atoms with E-state index in [9.17, 15) is 14.9 Å². The van der Waals surface area contributed by atoms with E-state index >= 15 is 0 Å². The Balaban J connectivity index is 1.75. The number of carbonyl (C=O) groups excluding carboxylic acids is 1. The molecule has 0 saturated heterocycles. The van der Waals surface area contributed by atoms with Crippen LogP contribution < -0.4 is 5.32 Å². The number of nitro groups is 1. The molecule has 3 aromatic rings. The smallest absolute Gasteiger partial charge is 0.292 e. The molecule has 0 aliphatic heterocycles. The van der Waals surface area contributed by atoms with Crippen molar-refractivity contribution in [2.24, 2.45) is 0 Å². The van der Waals surface area contributed by atoms with Gasteiger partial charge in [0.15, 0.2) is 16.7 Å². The summed E-state index contributed by atoms with van der Waals surface area (Å²) >= 11 is 1.22. The molecule has 10 heteroatoms. The number of aromatic nitrogens is 3. The van der Waals surface area contributed by atoms with E-state index in [4.69, 9.17) is 4.42 Å². The van der Waals surface area contributed by atoms with Crippen molar-refractivity contribution in [1.82, 2.24) is 14.8 Å². The third-order valence-electron chi connectivity index (χ3n) is 3.78. The third kappa shape index (κ3) is 4.00. The van der Waals surface area contributed by atoms with Crippen LogP contribution in [0.25, 0.3) is 11.6 Å². The molecule has 2 aromatic heterocycles.